The first kappa shape index (κ1) is 17.4. The van der Waals surface area contributed by atoms with Gasteiger partial charge in [-0.15, -0.1) is 0 Å². The summed E-state index contributed by atoms with van der Waals surface area (Å²) < 4.78 is 4.56. The van der Waals surface area contributed by atoms with Gasteiger partial charge in [0, 0.05) is 6.42 Å². The van der Waals surface area contributed by atoms with E-state index in [9.17, 15) is 4.79 Å². The summed E-state index contributed by atoms with van der Waals surface area (Å²) >= 11 is 0. The lowest BCUT2D eigenvalue weighted by molar-refractivity contribution is -0.140. The molecule has 0 aromatic carbocycles. The van der Waals surface area contributed by atoms with E-state index in [4.69, 9.17) is 0 Å². The lowest BCUT2D eigenvalue weighted by atomic mass is 10.2. The molecule has 0 spiro atoms. The molecule has 0 aliphatic heterocycles. The van der Waals surface area contributed by atoms with E-state index in [-0.39, 0.29) is 5.97 Å². The Bertz CT molecular complexity index is 322. The lowest BCUT2D eigenvalue weighted by Crippen LogP contribution is -1.97. The fraction of sp³-hybridized carbons (Fsp3) is 0.471. The van der Waals surface area contributed by atoms with Gasteiger partial charge in [0.05, 0.1) is 7.11 Å². The number of methoxy groups -OCH3 is 1. The second-order valence-corrected chi connectivity index (χ2v) is 4.12. The number of hydrogen-bond donors (Lipinski definition) is 0. The summed E-state index contributed by atoms with van der Waals surface area (Å²) in [4.78, 5) is 10.8. The van der Waals surface area contributed by atoms with Crippen molar-refractivity contribution >= 4 is 5.97 Å². The molecule has 0 radical (unpaired) electrons. The van der Waals surface area contributed by atoms with E-state index in [0.717, 1.165) is 32.1 Å². The summed E-state index contributed by atoms with van der Waals surface area (Å²) in [5.41, 5.74) is 0. The van der Waals surface area contributed by atoms with Crippen molar-refractivity contribution in [1.82, 2.24) is 0 Å². The Morgan fingerprint density at radius 1 is 0.842 bits per heavy atom. The number of carbonyl (C=O) groups excluding carboxylic acids is 1. The van der Waals surface area contributed by atoms with Crippen molar-refractivity contribution < 1.29 is 9.53 Å². The standard InChI is InChI=1S/C17H26O2/c1-3-4-5-6-7-8-9-10-11-12-13-14-15-16-17(18)19-2/h4-5,7-8,10-11,13-14H,3,6,9,12,15-16H2,1-2H3/b5-4-,8-7+,11-10-,14-13-. The molecule has 19 heavy (non-hydrogen) atoms. The van der Waals surface area contributed by atoms with Crippen LogP contribution in [0.15, 0.2) is 48.6 Å². The van der Waals surface area contributed by atoms with E-state index >= 15 is 0 Å². The van der Waals surface area contributed by atoms with Crippen LogP contribution in [0.1, 0.15) is 45.4 Å². The van der Waals surface area contributed by atoms with Gasteiger partial charge in [0.1, 0.15) is 0 Å². The molecule has 0 atom stereocenters. The zero-order chi connectivity index (χ0) is 14.2. The van der Waals surface area contributed by atoms with Crippen molar-refractivity contribution in [3.05, 3.63) is 48.6 Å². The molecule has 2 heteroatoms. The van der Waals surface area contributed by atoms with Crippen LogP contribution in [0, 0.1) is 0 Å². The minimum atomic E-state index is -0.151. The maximum absolute atomic E-state index is 10.8. The molecule has 0 saturated heterocycles. The van der Waals surface area contributed by atoms with Gasteiger partial charge in [-0.1, -0.05) is 55.5 Å². The molecule has 0 N–H and O–H groups in total. The molecule has 0 heterocycles. The first-order valence-electron chi connectivity index (χ1n) is 6.98. The highest BCUT2D eigenvalue weighted by Crippen LogP contribution is 1.97. The van der Waals surface area contributed by atoms with Crippen molar-refractivity contribution in [3.63, 3.8) is 0 Å². The summed E-state index contributed by atoms with van der Waals surface area (Å²) in [5.74, 6) is -0.151. The highest BCUT2D eigenvalue weighted by molar-refractivity contribution is 5.69. The largest absolute Gasteiger partial charge is 0.469 e. The molecule has 2 nitrogen and oxygen atoms in total. The molecular formula is C17H26O2. The maximum atomic E-state index is 10.8. The molecule has 0 aliphatic rings. The average Bonchev–Trinajstić information content (AvgIpc) is 2.43. The fourth-order valence-corrected chi connectivity index (χ4v) is 1.40. The predicted molar refractivity (Wildman–Crippen MR) is 82.0 cm³/mol. The second-order valence-electron chi connectivity index (χ2n) is 4.12. The van der Waals surface area contributed by atoms with Crippen LogP contribution < -0.4 is 0 Å². The minimum absolute atomic E-state index is 0.151. The van der Waals surface area contributed by atoms with Crippen molar-refractivity contribution in [2.75, 3.05) is 7.11 Å². The number of carbonyl (C=O) groups is 1. The summed E-state index contributed by atoms with van der Waals surface area (Å²) in [6.45, 7) is 2.14. The van der Waals surface area contributed by atoms with E-state index in [2.05, 4.69) is 54.2 Å². The van der Waals surface area contributed by atoms with Crippen molar-refractivity contribution in [2.45, 2.75) is 45.4 Å². The van der Waals surface area contributed by atoms with Gasteiger partial charge >= 0.3 is 5.97 Å². The van der Waals surface area contributed by atoms with Crippen LogP contribution in [0.3, 0.4) is 0 Å². The van der Waals surface area contributed by atoms with Crippen LogP contribution in [0.5, 0.6) is 0 Å². The molecule has 0 saturated carbocycles. The van der Waals surface area contributed by atoms with Crippen molar-refractivity contribution in [1.29, 1.82) is 0 Å². The highest BCUT2D eigenvalue weighted by Gasteiger charge is 1.94. The number of ether oxygens (including phenoxy) is 1. The highest BCUT2D eigenvalue weighted by atomic mass is 16.5. The van der Waals surface area contributed by atoms with Gasteiger partial charge in [-0.05, 0) is 32.1 Å². The number of hydrogen-bond acceptors (Lipinski definition) is 2. The first-order valence-corrected chi connectivity index (χ1v) is 6.98. The predicted octanol–water partition coefficient (Wildman–Crippen LogP) is 4.74. The second kappa shape index (κ2) is 14.5. The van der Waals surface area contributed by atoms with Crippen molar-refractivity contribution in [2.24, 2.45) is 0 Å². The molecular weight excluding hydrogens is 236 g/mol. The fourth-order valence-electron chi connectivity index (χ4n) is 1.40. The van der Waals surface area contributed by atoms with E-state index < -0.39 is 0 Å². The molecule has 0 aromatic rings. The average molecular weight is 262 g/mol. The molecule has 0 bridgehead atoms. The van der Waals surface area contributed by atoms with Crippen LogP contribution in [0.25, 0.3) is 0 Å². The van der Waals surface area contributed by atoms with Gasteiger partial charge in [-0.3, -0.25) is 4.79 Å². The quantitative estimate of drug-likeness (QED) is 0.419. The van der Waals surface area contributed by atoms with E-state index in [0.29, 0.717) is 6.42 Å². The van der Waals surface area contributed by atoms with Crippen molar-refractivity contribution in [3.8, 4) is 0 Å². The topological polar surface area (TPSA) is 26.3 Å². The van der Waals surface area contributed by atoms with E-state index in [1.165, 1.54) is 7.11 Å². The number of allylic oxidation sites excluding steroid dienone is 8. The molecule has 0 unspecified atom stereocenters. The lowest BCUT2D eigenvalue weighted by Gasteiger charge is -1.93. The molecule has 0 fully saturated rings. The molecule has 0 aromatic heterocycles. The van der Waals surface area contributed by atoms with Gasteiger partial charge in [-0.25, -0.2) is 0 Å². The van der Waals surface area contributed by atoms with Gasteiger partial charge < -0.3 is 4.74 Å². The third-order valence-electron chi connectivity index (χ3n) is 2.46. The summed E-state index contributed by atoms with van der Waals surface area (Å²) in [6, 6.07) is 0. The van der Waals surface area contributed by atoms with Gasteiger partial charge in [0.2, 0.25) is 0 Å². The summed E-state index contributed by atoms with van der Waals surface area (Å²) in [6.07, 6.45) is 22.4. The zero-order valence-electron chi connectivity index (χ0n) is 12.2. The van der Waals surface area contributed by atoms with E-state index in [1.54, 1.807) is 0 Å². The Hall–Kier alpha value is -1.57. The number of esters is 1. The van der Waals surface area contributed by atoms with Gasteiger partial charge in [0.15, 0.2) is 0 Å². The zero-order valence-corrected chi connectivity index (χ0v) is 12.2. The normalized spacial score (nSPS) is 12.3. The van der Waals surface area contributed by atoms with Gasteiger partial charge in [-0.2, -0.15) is 0 Å². The Balaban J connectivity index is 3.45. The number of rotatable bonds is 10. The monoisotopic (exact) mass is 262 g/mol. The van der Waals surface area contributed by atoms with Gasteiger partial charge in [0.25, 0.3) is 0 Å². The molecule has 0 aliphatic carbocycles. The first-order chi connectivity index (χ1) is 9.31. The Kier molecular flexibility index (Phi) is 13.3. The smallest absolute Gasteiger partial charge is 0.305 e. The third-order valence-corrected chi connectivity index (χ3v) is 2.46. The van der Waals surface area contributed by atoms with Crippen LogP contribution in [-0.2, 0) is 9.53 Å². The van der Waals surface area contributed by atoms with Crippen LogP contribution in [-0.4, -0.2) is 13.1 Å². The third kappa shape index (κ3) is 14.4. The molecule has 0 amide bonds. The Morgan fingerprint density at radius 3 is 1.79 bits per heavy atom. The Morgan fingerprint density at radius 2 is 1.32 bits per heavy atom. The summed E-state index contributed by atoms with van der Waals surface area (Å²) in [5, 5.41) is 0. The van der Waals surface area contributed by atoms with Crippen LogP contribution in [0.4, 0.5) is 0 Å². The van der Waals surface area contributed by atoms with Crippen LogP contribution >= 0.6 is 0 Å². The molecule has 106 valence electrons. The maximum Gasteiger partial charge on any atom is 0.305 e. The van der Waals surface area contributed by atoms with E-state index in [1.807, 2.05) is 6.08 Å². The van der Waals surface area contributed by atoms with Crippen LogP contribution in [0.2, 0.25) is 0 Å². The summed E-state index contributed by atoms with van der Waals surface area (Å²) in [7, 11) is 1.42. The molecule has 0 rings (SSSR count). The minimum Gasteiger partial charge on any atom is -0.469 e. The Labute approximate surface area is 117 Å². The SMILES string of the molecule is CC/C=C\C/C=C/C/C=C\C/C=C\CCC(=O)OC.